The molecule has 4 rings (SSSR count). The molecular formula is C19H12ClN5O2S2. The Morgan fingerprint density at radius 1 is 1.17 bits per heavy atom. The molecule has 0 spiro atoms. The number of nitro groups is 1. The van der Waals surface area contributed by atoms with Gasteiger partial charge in [-0.05, 0) is 29.8 Å². The Bertz CT molecular complexity index is 1210. The lowest BCUT2D eigenvalue weighted by molar-refractivity contribution is -0.384. The summed E-state index contributed by atoms with van der Waals surface area (Å²) < 4.78 is 0.769. The molecule has 0 saturated carbocycles. The first-order valence-corrected chi connectivity index (χ1v) is 10.6. The maximum atomic E-state index is 10.7. The monoisotopic (exact) mass is 441 g/mol. The van der Waals surface area contributed by atoms with Crippen molar-refractivity contribution in [2.45, 2.75) is 10.1 Å². The van der Waals surface area contributed by atoms with E-state index in [1.54, 1.807) is 18.3 Å². The number of pyridine rings is 1. The van der Waals surface area contributed by atoms with Crippen LogP contribution in [0.4, 0.5) is 10.8 Å². The van der Waals surface area contributed by atoms with E-state index in [0.29, 0.717) is 16.0 Å². The van der Waals surface area contributed by atoms with Crippen molar-refractivity contribution in [3.05, 3.63) is 81.0 Å². The zero-order valence-corrected chi connectivity index (χ0v) is 17.1. The number of hydrogen-bond donors (Lipinski definition) is 0. The van der Waals surface area contributed by atoms with Crippen LogP contribution in [0.1, 0.15) is 11.1 Å². The number of aromatic nitrogens is 3. The third kappa shape index (κ3) is 4.76. The zero-order valence-electron chi connectivity index (χ0n) is 14.7. The fraction of sp³-hybridized carbons (Fsp3) is 0.0526. The van der Waals surface area contributed by atoms with E-state index in [2.05, 4.69) is 20.2 Å². The fourth-order valence-corrected chi connectivity index (χ4v) is 4.45. The molecule has 0 amide bonds. The van der Waals surface area contributed by atoms with Crippen molar-refractivity contribution in [3.8, 4) is 0 Å². The van der Waals surface area contributed by atoms with E-state index >= 15 is 0 Å². The fourth-order valence-electron chi connectivity index (χ4n) is 2.50. The molecule has 0 N–H and O–H groups in total. The van der Waals surface area contributed by atoms with Gasteiger partial charge in [-0.1, -0.05) is 52.9 Å². The molecule has 0 aliphatic carbocycles. The largest absolute Gasteiger partial charge is 0.269 e. The highest BCUT2D eigenvalue weighted by Gasteiger charge is 2.09. The number of non-ortho nitro benzene ring substituents is 1. The second-order valence-corrected chi connectivity index (χ2v) is 8.41. The molecule has 7 nitrogen and oxygen atoms in total. The molecule has 0 unspecified atom stereocenters. The number of para-hydroxylation sites is 1. The van der Waals surface area contributed by atoms with Crippen LogP contribution in [0.2, 0.25) is 5.15 Å². The number of nitrogens with zero attached hydrogens (tertiary/aromatic N) is 5. The quantitative estimate of drug-likeness (QED) is 0.125. The lowest BCUT2D eigenvalue weighted by Crippen LogP contribution is -1.88. The second-order valence-electron chi connectivity index (χ2n) is 5.88. The molecule has 2 heterocycles. The van der Waals surface area contributed by atoms with E-state index in [1.807, 2.05) is 30.3 Å². The van der Waals surface area contributed by atoms with E-state index in [-0.39, 0.29) is 5.69 Å². The Morgan fingerprint density at radius 2 is 1.97 bits per heavy atom. The number of fused-ring (bicyclic) bond motifs is 1. The summed E-state index contributed by atoms with van der Waals surface area (Å²) in [7, 11) is 0. The third-order valence-corrected chi connectivity index (χ3v) is 6.27. The SMILES string of the molecule is O=[N+]([O-])c1ccc(/C=N/c2nnc(SCc3cc4ccccc4nc3Cl)s2)cc1. The average molecular weight is 442 g/mol. The maximum Gasteiger partial charge on any atom is 0.269 e. The van der Waals surface area contributed by atoms with Gasteiger partial charge in [-0.2, -0.15) is 0 Å². The summed E-state index contributed by atoms with van der Waals surface area (Å²) in [6, 6.07) is 16.0. The van der Waals surface area contributed by atoms with Gasteiger partial charge in [0.1, 0.15) is 5.15 Å². The Morgan fingerprint density at radius 3 is 2.76 bits per heavy atom. The van der Waals surface area contributed by atoms with E-state index < -0.39 is 4.92 Å². The molecule has 0 bridgehead atoms. The average Bonchev–Trinajstić information content (AvgIpc) is 3.19. The smallest absolute Gasteiger partial charge is 0.258 e. The molecule has 10 heteroatoms. The molecular weight excluding hydrogens is 430 g/mol. The minimum Gasteiger partial charge on any atom is -0.258 e. The highest BCUT2D eigenvalue weighted by atomic mass is 35.5. The van der Waals surface area contributed by atoms with E-state index in [0.717, 1.165) is 26.4 Å². The van der Waals surface area contributed by atoms with E-state index in [9.17, 15) is 10.1 Å². The van der Waals surface area contributed by atoms with Crippen LogP contribution in [0.3, 0.4) is 0 Å². The Kier molecular flexibility index (Phi) is 5.79. The van der Waals surface area contributed by atoms with Crippen molar-refractivity contribution >= 4 is 62.6 Å². The van der Waals surface area contributed by atoms with Crippen molar-refractivity contribution in [2.75, 3.05) is 0 Å². The summed E-state index contributed by atoms with van der Waals surface area (Å²) in [5, 5.41) is 20.9. The molecule has 0 aliphatic heterocycles. The minimum absolute atomic E-state index is 0.0404. The maximum absolute atomic E-state index is 10.7. The van der Waals surface area contributed by atoms with Gasteiger partial charge in [-0.25, -0.2) is 9.98 Å². The summed E-state index contributed by atoms with van der Waals surface area (Å²) in [4.78, 5) is 19.0. The molecule has 2 aromatic carbocycles. The van der Waals surface area contributed by atoms with Crippen LogP contribution in [0.25, 0.3) is 10.9 Å². The van der Waals surface area contributed by atoms with Gasteiger partial charge in [0, 0.05) is 35.0 Å². The van der Waals surface area contributed by atoms with Crippen molar-refractivity contribution in [3.63, 3.8) is 0 Å². The summed E-state index contributed by atoms with van der Waals surface area (Å²) in [5.74, 6) is 0.622. The van der Waals surface area contributed by atoms with Crippen molar-refractivity contribution in [1.29, 1.82) is 0 Å². The van der Waals surface area contributed by atoms with Crippen LogP contribution >= 0.6 is 34.7 Å². The molecule has 0 fully saturated rings. The Labute approximate surface area is 178 Å². The van der Waals surface area contributed by atoms with Crippen LogP contribution in [-0.2, 0) is 5.75 Å². The molecule has 2 aromatic heterocycles. The van der Waals surface area contributed by atoms with Crippen LogP contribution in [-0.4, -0.2) is 26.3 Å². The summed E-state index contributed by atoms with van der Waals surface area (Å²) >= 11 is 9.18. The predicted octanol–water partition coefficient (Wildman–Crippen LogP) is 5.69. The standard InChI is InChI=1S/C19H12ClN5O2S2/c20-17-14(9-13-3-1-2-4-16(13)22-17)11-28-19-24-23-18(29-19)21-10-12-5-7-15(8-6-12)25(26)27/h1-10H,11H2/b21-10+. The molecule has 0 atom stereocenters. The number of hydrogen-bond acceptors (Lipinski definition) is 8. The molecule has 144 valence electrons. The highest BCUT2D eigenvalue weighted by Crippen LogP contribution is 2.32. The van der Waals surface area contributed by atoms with E-state index in [1.165, 1.54) is 35.2 Å². The molecule has 4 aromatic rings. The van der Waals surface area contributed by atoms with Crippen LogP contribution in [0.15, 0.2) is 63.9 Å². The number of halogens is 1. The first-order valence-electron chi connectivity index (χ1n) is 8.37. The van der Waals surface area contributed by atoms with Crippen molar-refractivity contribution in [2.24, 2.45) is 4.99 Å². The van der Waals surface area contributed by atoms with Gasteiger partial charge >= 0.3 is 0 Å². The van der Waals surface area contributed by atoms with Crippen LogP contribution in [0, 0.1) is 10.1 Å². The number of nitro benzene ring substituents is 1. The van der Waals surface area contributed by atoms with Crippen LogP contribution < -0.4 is 0 Å². The normalized spacial score (nSPS) is 11.3. The molecule has 29 heavy (non-hydrogen) atoms. The molecule has 0 saturated heterocycles. The number of aliphatic imine (C=N–C) groups is 1. The minimum atomic E-state index is -0.438. The van der Waals surface area contributed by atoms with Gasteiger partial charge in [0.25, 0.3) is 5.69 Å². The van der Waals surface area contributed by atoms with Gasteiger partial charge in [-0.3, -0.25) is 10.1 Å². The van der Waals surface area contributed by atoms with Crippen molar-refractivity contribution in [1.82, 2.24) is 15.2 Å². The first-order chi connectivity index (χ1) is 14.1. The third-order valence-electron chi connectivity index (χ3n) is 3.92. The number of benzene rings is 2. The summed E-state index contributed by atoms with van der Waals surface area (Å²) in [6.45, 7) is 0. The number of thioether (sulfide) groups is 1. The Hall–Kier alpha value is -2.88. The topological polar surface area (TPSA) is 94.2 Å². The van der Waals surface area contributed by atoms with E-state index in [4.69, 9.17) is 11.6 Å². The van der Waals surface area contributed by atoms with Crippen molar-refractivity contribution < 1.29 is 4.92 Å². The Balaban J connectivity index is 1.42. The van der Waals surface area contributed by atoms with Gasteiger partial charge in [0.15, 0.2) is 4.34 Å². The summed E-state index contributed by atoms with van der Waals surface area (Å²) in [6.07, 6.45) is 1.60. The van der Waals surface area contributed by atoms with Gasteiger partial charge < -0.3 is 0 Å². The van der Waals surface area contributed by atoms with Crippen LogP contribution in [0.5, 0.6) is 0 Å². The summed E-state index contributed by atoms with van der Waals surface area (Å²) in [5.41, 5.74) is 2.58. The second kappa shape index (κ2) is 8.64. The molecule has 0 aliphatic rings. The first kappa shape index (κ1) is 19.4. The van der Waals surface area contributed by atoms with Gasteiger partial charge in [0.2, 0.25) is 5.13 Å². The predicted molar refractivity (Wildman–Crippen MR) is 117 cm³/mol. The van der Waals surface area contributed by atoms with Gasteiger partial charge in [-0.15, -0.1) is 10.2 Å². The highest BCUT2D eigenvalue weighted by molar-refractivity contribution is 8.00. The van der Waals surface area contributed by atoms with Gasteiger partial charge in [0.05, 0.1) is 10.4 Å². The lowest BCUT2D eigenvalue weighted by Gasteiger charge is -2.04. The number of rotatable bonds is 6. The zero-order chi connectivity index (χ0) is 20.2. The molecule has 0 radical (unpaired) electrons. The lowest BCUT2D eigenvalue weighted by atomic mass is 10.2.